The van der Waals surface area contributed by atoms with Crippen molar-refractivity contribution in [3.05, 3.63) is 71.1 Å². The molecule has 128 valence electrons. The number of hydrogen-bond acceptors (Lipinski definition) is 4. The van der Waals surface area contributed by atoms with Gasteiger partial charge in [0.1, 0.15) is 19.2 Å². The minimum Gasteiger partial charge on any atom is -0.373 e. The molecule has 0 unspecified atom stereocenters. The molecule has 0 heterocycles. The topological polar surface area (TPSA) is 57.7 Å². The van der Waals surface area contributed by atoms with Crippen LogP contribution >= 0.6 is 0 Å². The molecule has 1 aliphatic rings. The fourth-order valence-corrected chi connectivity index (χ4v) is 3.10. The Morgan fingerprint density at radius 3 is 1.96 bits per heavy atom. The number of nitrogens with zero attached hydrogens (tertiary/aromatic N) is 2. The lowest BCUT2D eigenvalue weighted by atomic mass is 9.88. The van der Waals surface area contributed by atoms with Gasteiger partial charge in [0.2, 0.25) is 17.5 Å². The van der Waals surface area contributed by atoms with Gasteiger partial charge >= 0.3 is 0 Å². The Bertz CT molecular complexity index is 963. The van der Waals surface area contributed by atoms with Crippen molar-refractivity contribution in [1.82, 2.24) is 4.90 Å². The molecule has 1 aliphatic carbocycles. The maximum absolute atomic E-state index is 13.2. The fourth-order valence-electron chi connectivity index (χ4n) is 3.10. The summed E-state index contributed by atoms with van der Waals surface area (Å²) in [4.78, 5) is 41.5. The highest BCUT2D eigenvalue weighted by molar-refractivity contribution is 6.33. The summed E-state index contributed by atoms with van der Waals surface area (Å²) in [7, 11) is 9.19. The molecule has 0 aromatic heterocycles. The standard InChI is InChI=1S/C20H17BN2O3/c1-12(24)23(14-8-6-7-13(21)11-14)18-17(22(2)3)19(25)15-9-4-5-10-16(15)20(18)26/h4-11H,1-3H3. The van der Waals surface area contributed by atoms with Gasteiger partial charge in [-0.3, -0.25) is 19.3 Å². The third-order valence-corrected chi connectivity index (χ3v) is 4.18. The van der Waals surface area contributed by atoms with Crippen LogP contribution in [0.25, 0.3) is 0 Å². The van der Waals surface area contributed by atoms with Crippen molar-refractivity contribution in [2.75, 3.05) is 19.0 Å². The van der Waals surface area contributed by atoms with Crippen LogP contribution in [0.4, 0.5) is 5.69 Å². The Morgan fingerprint density at radius 1 is 0.885 bits per heavy atom. The molecule has 0 saturated carbocycles. The van der Waals surface area contributed by atoms with E-state index in [-0.39, 0.29) is 34.4 Å². The highest BCUT2D eigenvalue weighted by atomic mass is 16.2. The number of carbonyl (C=O) groups is 3. The highest BCUT2D eigenvalue weighted by Gasteiger charge is 2.38. The van der Waals surface area contributed by atoms with Gasteiger partial charge in [-0.15, -0.1) is 0 Å². The van der Waals surface area contributed by atoms with Crippen molar-refractivity contribution in [2.45, 2.75) is 6.92 Å². The van der Waals surface area contributed by atoms with Gasteiger partial charge in [-0.25, -0.2) is 0 Å². The predicted molar refractivity (Wildman–Crippen MR) is 101 cm³/mol. The van der Waals surface area contributed by atoms with Crippen molar-refractivity contribution in [3.8, 4) is 0 Å². The normalized spacial score (nSPS) is 13.5. The summed E-state index contributed by atoms with van der Waals surface area (Å²) in [6.45, 7) is 1.35. The number of ketones is 2. The van der Waals surface area contributed by atoms with Crippen molar-refractivity contribution < 1.29 is 14.4 Å². The Kier molecular flexibility index (Phi) is 4.51. The number of rotatable bonds is 3. The van der Waals surface area contributed by atoms with Crippen LogP contribution in [0.3, 0.4) is 0 Å². The van der Waals surface area contributed by atoms with E-state index in [4.69, 9.17) is 7.85 Å². The molecule has 2 aromatic rings. The first kappa shape index (κ1) is 17.7. The minimum absolute atomic E-state index is 0.0387. The Hall–Kier alpha value is -3.15. The second-order valence-electron chi connectivity index (χ2n) is 6.24. The molecule has 0 spiro atoms. The monoisotopic (exact) mass is 344 g/mol. The maximum Gasteiger partial charge on any atom is 0.228 e. The van der Waals surface area contributed by atoms with E-state index in [1.54, 1.807) is 67.5 Å². The molecule has 0 saturated heterocycles. The van der Waals surface area contributed by atoms with E-state index in [0.29, 0.717) is 16.7 Å². The predicted octanol–water partition coefficient (Wildman–Crippen LogP) is 1.69. The molecule has 0 bridgehead atoms. The molecular formula is C20H17BN2O3. The lowest BCUT2D eigenvalue weighted by Crippen LogP contribution is -2.40. The van der Waals surface area contributed by atoms with Gasteiger partial charge in [-0.1, -0.05) is 41.9 Å². The van der Waals surface area contributed by atoms with Crippen LogP contribution in [0.5, 0.6) is 0 Å². The van der Waals surface area contributed by atoms with Gasteiger partial charge < -0.3 is 4.90 Å². The van der Waals surface area contributed by atoms with Gasteiger partial charge in [0.05, 0.1) is 0 Å². The molecule has 3 rings (SSSR count). The summed E-state index contributed by atoms with van der Waals surface area (Å²) in [5.41, 5.74) is 1.72. The number of amides is 1. The van der Waals surface area contributed by atoms with Crippen LogP contribution in [0.1, 0.15) is 27.6 Å². The first-order valence-corrected chi connectivity index (χ1v) is 8.09. The zero-order valence-electron chi connectivity index (χ0n) is 14.8. The molecular weight excluding hydrogens is 327 g/mol. The largest absolute Gasteiger partial charge is 0.373 e. The van der Waals surface area contributed by atoms with E-state index < -0.39 is 0 Å². The smallest absolute Gasteiger partial charge is 0.228 e. The van der Waals surface area contributed by atoms with E-state index in [2.05, 4.69) is 0 Å². The van der Waals surface area contributed by atoms with E-state index in [1.165, 1.54) is 11.8 Å². The number of allylic oxidation sites excluding steroid dienone is 2. The first-order chi connectivity index (χ1) is 12.3. The fraction of sp³-hybridized carbons (Fsp3) is 0.150. The molecule has 0 atom stereocenters. The molecule has 6 heteroatoms. The number of hydrogen-bond donors (Lipinski definition) is 0. The van der Waals surface area contributed by atoms with Gasteiger partial charge in [0.25, 0.3) is 0 Å². The Balaban J connectivity index is 2.30. The second-order valence-corrected chi connectivity index (χ2v) is 6.24. The van der Waals surface area contributed by atoms with Crippen molar-refractivity contribution in [2.24, 2.45) is 0 Å². The van der Waals surface area contributed by atoms with Gasteiger partial charge in [-0.2, -0.15) is 0 Å². The van der Waals surface area contributed by atoms with Crippen molar-refractivity contribution in [1.29, 1.82) is 0 Å². The molecule has 1 amide bonds. The molecule has 2 radical (unpaired) electrons. The zero-order valence-corrected chi connectivity index (χ0v) is 14.8. The average molecular weight is 344 g/mol. The number of likely N-dealkylation sites (N-methyl/N-ethyl adjacent to an activating group) is 1. The number of carbonyl (C=O) groups excluding carboxylic acids is 3. The van der Waals surface area contributed by atoms with Crippen LogP contribution in [-0.2, 0) is 4.79 Å². The minimum atomic E-state index is -0.384. The van der Waals surface area contributed by atoms with Gasteiger partial charge in [-0.05, 0) is 12.1 Å². The molecule has 26 heavy (non-hydrogen) atoms. The Morgan fingerprint density at radius 2 is 1.46 bits per heavy atom. The third-order valence-electron chi connectivity index (χ3n) is 4.18. The van der Waals surface area contributed by atoms with Crippen LogP contribution in [-0.4, -0.2) is 44.3 Å². The zero-order chi connectivity index (χ0) is 19.0. The summed E-state index contributed by atoms with van der Waals surface area (Å²) >= 11 is 0. The molecule has 2 aromatic carbocycles. The second kappa shape index (κ2) is 6.63. The molecule has 0 N–H and O–H groups in total. The van der Waals surface area contributed by atoms with Crippen LogP contribution in [0.2, 0.25) is 0 Å². The number of anilines is 1. The highest BCUT2D eigenvalue weighted by Crippen LogP contribution is 2.32. The number of benzene rings is 2. The van der Waals surface area contributed by atoms with E-state index in [0.717, 1.165) is 0 Å². The van der Waals surface area contributed by atoms with Crippen LogP contribution < -0.4 is 10.4 Å². The first-order valence-electron chi connectivity index (χ1n) is 8.09. The third kappa shape index (κ3) is 2.83. The van der Waals surface area contributed by atoms with Crippen molar-refractivity contribution in [3.63, 3.8) is 0 Å². The maximum atomic E-state index is 13.2. The van der Waals surface area contributed by atoms with E-state index >= 15 is 0 Å². The van der Waals surface area contributed by atoms with Gasteiger partial charge in [0, 0.05) is 37.8 Å². The lowest BCUT2D eigenvalue weighted by molar-refractivity contribution is -0.116. The quantitative estimate of drug-likeness (QED) is 0.795. The summed E-state index contributed by atoms with van der Waals surface area (Å²) < 4.78 is 0. The molecule has 0 fully saturated rings. The van der Waals surface area contributed by atoms with Crippen LogP contribution in [0, 0.1) is 0 Å². The summed E-state index contributed by atoms with van der Waals surface area (Å²) in [5.74, 6) is -1.05. The summed E-state index contributed by atoms with van der Waals surface area (Å²) in [6, 6.07) is 13.3. The summed E-state index contributed by atoms with van der Waals surface area (Å²) in [6.07, 6.45) is 0. The Labute approximate surface area is 153 Å². The molecule has 0 aliphatic heterocycles. The van der Waals surface area contributed by atoms with E-state index in [1.807, 2.05) is 0 Å². The lowest BCUT2D eigenvalue weighted by Gasteiger charge is -2.32. The number of Topliss-reactive ketones (excluding diaryl/α,β-unsaturated/α-hetero) is 2. The average Bonchev–Trinajstić information content (AvgIpc) is 2.59. The number of fused-ring (bicyclic) bond motifs is 1. The van der Waals surface area contributed by atoms with Crippen molar-refractivity contribution >= 4 is 36.5 Å². The van der Waals surface area contributed by atoms with Crippen LogP contribution in [0.15, 0.2) is 59.9 Å². The van der Waals surface area contributed by atoms with Gasteiger partial charge in [0.15, 0.2) is 0 Å². The van der Waals surface area contributed by atoms with E-state index in [9.17, 15) is 14.4 Å². The SMILES string of the molecule is [B]c1cccc(N(C(C)=O)C2=C(N(C)C)C(=O)c3ccccc3C2=O)c1. The molecule has 5 nitrogen and oxygen atoms in total. The summed E-state index contributed by atoms with van der Waals surface area (Å²) in [5, 5.41) is 0.